The van der Waals surface area contributed by atoms with Crippen molar-refractivity contribution in [2.45, 2.75) is 26.7 Å². The number of benzene rings is 1. The Bertz CT molecular complexity index is 357. The van der Waals surface area contributed by atoms with Gasteiger partial charge in [0.15, 0.2) is 0 Å². The van der Waals surface area contributed by atoms with E-state index in [0.29, 0.717) is 6.73 Å². The van der Waals surface area contributed by atoms with Gasteiger partial charge in [-0.1, -0.05) is 31.1 Å². The average Bonchev–Trinajstić information content (AvgIpc) is 2.34. The second-order valence-electron chi connectivity index (χ2n) is 3.95. The Balaban J connectivity index is 2.54. The fourth-order valence-corrected chi connectivity index (χ4v) is 2.16. The van der Waals surface area contributed by atoms with Crippen LogP contribution < -0.4 is 10.1 Å². The molecule has 1 aromatic rings. The highest BCUT2D eigenvalue weighted by Gasteiger charge is 2.00. The first-order valence-electron chi connectivity index (χ1n) is 5.92. The lowest BCUT2D eigenvalue weighted by molar-refractivity contribution is 0.293. The third-order valence-corrected chi connectivity index (χ3v) is 3.45. The fourth-order valence-electron chi connectivity index (χ4n) is 1.54. The molecule has 0 spiro atoms. The molecule has 0 saturated heterocycles. The summed E-state index contributed by atoms with van der Waals surface area (Å²) in [5, 5.41) is 3.19. The first-order valence-corrected chi connectivity index (χ1v) is 8.64. The van der Waals surface area contributed by atoms with Crippen LogP contribution in [-0.2, 0) is 33.5 Å². The summed E-state index contributed by atoms with van der Waals surface area (Å²) in [5.74, 6) is 1.79. The zero-order valence-electron chi connectivity index (χ0n) is 10.8. The van der Waals surface area contributed by atoms with Gasteiger partial charge in [-0.05, 0) is 42.4 Å². The van der Waals surface area contributed by atoms with Gasteiger partial charge in [-0.15, -0.1) is 9.45 Å². The fraction of sp³-hybridized carbons (Fsp3) is 0.538. The van der Waals surface area contributed by atoms with Gasteiger partial charge in [-0.3, -0.25) is 5.32 Å². The number of nitrogens with one attached hydrogen (secondary N) is 1. The van der Waals surface area contributed by atoms with Crippen LogP contribution in [0.2, 0.25) is 0 Å². The molecule has 0 amide bonds. The molecule has 0 aromatic heterocycles. The summed E-state index contributed by atoms with van der Waals surface area (Å²) in [6.45, 7) is 4.86. The zero-order valence-corrected chi connectivity index (χ0v) is 12.4. The number of rotatable bonds is 7. The smallest absolute Gasteiger partial charge is 0.140 e. The summed E-state index contributed by atoms with van der Waals surface area (Å²) in [7, 11) is 0.00678. The van der Waals surface area contributed by atoms with Crippen LogP contribution in [0.25, 0.3) is 0 Å². The molecule has 0 aliphatic rings. The van der Waals surface area contributed by atoms with Crippen LogP contribution in [-0.4, -0.2) is 18.9 Å². The van der Waals surface area contributed by atoms with Crippen LogP contribution in [0.1, 0.15) is 25.0 Å². The Morgan fingerprint density at radius 2 is 1.76 bits per heavy atom. The summed E-state index contributed by atoms with van der Waals surface area (Å²) in [6.07, 6.45) is 4.12. The molecule has 0 radical (unpaired) electrons. The Morgan fingerprint density at radius 1 is 1.18 bits per heavy atom. The van der Waals surface area contributed by atoms with Gasteiger partial charge in [0.1, 0.15) is 12.5 Å². The van der Waals surface area contributed by atoms with Crippen molar-refractivity contribution in [3.05, 3.63) is 29.3 Å². The molecule has 0 aliphatic heterocycles. The first kappa shape index (κ1) is 14.6. The minimum atomic E-state index is 0.00678. The maximum Gasteiger partial charge on any atom is 0.140 e. The maximum absolute atomic E-state index is 5.69. The van der Waals surface area contributed by atoms with Gasteiger partial charge in [0, 0.05) is 5.88 Å². The van der Waals surface area contributed by atoms with Gasteiger partial charge in [0.25, 0.3) is 0 Å². The van der Waals surface area contributed by atoms with E-state index in [1.807, 2.05) is 6.26 Å². The number of hydrogen-bond acceptors (Lipinski definition) is 3. The molecule has 0 heterocycles. The van der Waals surface area contributed by atoms with E-state index >= 15 is 0 Å². The van der Waals surface area contributed by atoms with E-state index < -0.39 is 0 Å². The summed E-state index contributed by atoms with van der Waals surface area (Å²) < 4.78 is 5.69. The molecule has 0 saturated carbocycles. The van der Waals surface area contributed by atoms with Crippen molar-refractivity contribution >= 4 is 20.6 Å². The van der Waals surface area contributed by atoms with Gasteiger partial charge in [0.2, 0.25) is 0 Å². The summed E-state index contributed by atoms with van der Waals surface area (Å²) in [5.41, 5.74) is 2.66. The van der Waals surface area contributed by atoms with Crippen molar-refractivity contribution in [3.8, 4) is 5.75 Å². The quantitative estimate of drug-likeness (QED) is 0.608. The minimum Gasteiger partial charge on any atom is -0.478 e. The van der Waals surface area contributed by atoms with Gasteiger partial charge in [-0.2, -0.15) is 0 Å². The summed E-state index contributed by atoms with van der Waals surface area (Å²) in [4.78, 5) is 0. The third kappa shape index (κ3) is 5.61. The highest BCUT2D eigenvalue weighted by Crippen LogP contribution is 2.18. The SMILES string of the molecule is CCc1cc(CC)cc(OCNCS(C)=S)c1. The Labute approximate surface area is 111 Å². The van der Waals surface area contributed by atoms with E-state index in [9.17, 15) is 0 Å². The molecule has 96 valence electrons. The lowest BCUT2D eigenvalue weighted by Gasteiger charge is -2.10. The molecule has 0 aliphatic carbocycles. The molecular weight excluding hydrogens is 250 g/mol. The van der Waals surface area contributed by atoms with Crippen molar-refractivity contribution in [1.29, 1.82) is 0 Å². The van der Waals surface area contributed by atoms with Crippen molar-refractivity contribution in [2.75, 3.05) is 18.9 Å². The van der Waals surface area contributed by atoms with E-state index in [1.165, 1.54) is 11.1 Å². The molecule has 17 heavy (non-hydrogen) atoms. The van der Waals surface area contributed by atoms with Crippen LogP contribution >= 0.6 is 0 Å². The van der Waals surface area contributed by atoms with Gasteiger partial charge in [0.05, 0.1) is 0 Å². The van der Waals surface area contributed by atoms with E-state index in [2.05, 4.69) is 37.4 Å². The molecule has 1 atom stereocenters. The molecular formula is C13H21NOS2. The molecule has 1 rings (SSSR count). The monoisotopic (exact) mass is 271 g/mol. The van der Waals surface area contributed by atoms with Crippen LogP contribution in [0, 0.1) is 0 Å². The van der Waals surface area contributed by atoms with Crippen molar-refractivity contribution in [3.63, 3.8) is 0 Å². The second kappa shape index (κ2) is 7.80. The number of hydrogen-bond donors (Lipinski definition) is 1. The lowest BCUT2D eigenvalue weighted by atomic mass is 10.1. The molecule has 0 bridgehead atoms. The third-order valence-electron chi connectivity index (χ3n) is 2.49. The molecule has 1 aromatic carbocycles. The molecule has 4 heteroatoms. The highest BCUT2D eigenvalue weighted by molar-refractivity contribution is 8.28. The minimum absolute atomic E-state index is 0.00678. The lowest BCUT2D eigenvalue weighted by Crippen LogP contribution is -2.23. The summed E-state index contributed by atoms with van der Waals surface area (Å²) in [6, 6.07) is 6.47. The van der Waals surface area contributed by atoms with Crippen molar-refractivity contribution < 1.29 is 4.74 Å². The second-order valence-corrected chi connectivity index (χ2v) is 7.09. The molecule has 2 nitrogen and oxygen atoms in total. The van der Waals surface area contributed by atoms with Crippen LogP contribution in [0.4, 0.5) is 0 Å². The largest absolute Gasteiger partial charge is 0.478 e. The number of aryl methyl sites for hydroxylation is 2. The van der Waals surface area contributed by atoms with Gasteiger partial charge < -0.3 is 4.74 Å². The summed E-state index contributed by atoms with van der Waals surface area (Å²) >= 11 is 5.10. The average molecular weight is 271 g/mol. The predicted octanol–water partition coefficient (Wildman–Crippen LogP) is 2.40. The molecule has 0 fully saturated rings. The van der Waals surface area contributed by atoms with E-state index in [1.54, 1.807) is 0 Å². The van der Waals surface area contributed by atoms with Crippen LogP contribution in [0.3, 0.4) is 0 Å². The Morgan fingerprint density at radius 3 is 2.24 bits per heavy atom. The standard InChI is InChI=1S/C13H21NOS2/c1-4-11-6-12(5-2)8-13(7-11)15-9-14-10-17(3)16/h6-8,14H,4-5,9-10H2,1-3H3. The normalized spacial score (nSPS) is 12.4. The topological polar surface area (TPSA) is 21.3 Å². The predicted molar refractivity (Wildman–Crippen MR) is 79.3 cm³/mol. The Kier molecular flexibility index (Phi) is 6.70. The number of ether oxygens (including phenoxy) is 1. The van der Waals surface area contributed by atoms with E-state index in [4.69, 9.17) is 15.9 Å². The molecule has 1 unspecified atom stereocenters. The van der Waals surface area contributed by atoms with Crippen molar-refractivity contribution in [1.82, 2.24) is 5.32 Å². The van der Waals surface area contributed by atoms with E-state index in [-0.39, 0.29) is 9.45 Å². The molecule has 1 N–H and O–H groups in total. The van der Waals surface area contributed by atoms with Crippen LogP contribution in [0.15, 0.2) is 18.2 Å². The first-order chi connectivity index (χ1) is 8.15. The van der Waals surface area contributed by atoms with Crippen molar-refractivity contribution in [2.24, 2.45) is 0 Å². The highest BCUT2D eigenvalue weighted by atomic mass is 32.8. The van der Waals surface area contributed by atoms with E-state index in [0.717, 1.165) is 24.5 Å². The van der Waals surface area contributed by atoms with Gasteiger partial charge in [-0.25, -0.2) is 0 Å². The Hall–Kier alpha value is -0.450. The maximum atomic E-state index is 5.69. The van der Waals surface area contributed by atoms with Gasteiger partial charge >= 0.3 is 0 Å². The zero-order chi connectivity index (χ0) is 12.7. The van der Waals surface area contributed by atoms with Crippen LogP contribution in [0.5, 0.6) is 5.75 Å².